The molecule has 0 aliphatic carbocycles. The van der Waals surface area contributed by atoms with E-state index in [0.717, 1.165) is 13.0 Å². The molecule has 6 heteroatoms. The summed E-state index contributed by atoms with van der Waals surface area (Å²) in [4.78, 5) is 12.0. The van der Waals surface area contributed by atoms with E-state index in [1.807, 2.05) is 6.92 Å². The summed E-state index contributed by atoms with van der Waals surface area (Å²) >= 11 is 3.18. The molecular weight excluding hydrogens is 322 g/mol. The van der Waals surface area contributed by atoms with Gasteiger partial charge in [-0.25, -0.2) is 4.39 Å². The summed E-state index contributed by atoms with van der Waals surface area (Å²) in [6.45, 7) is 3.35. The number of hydrogen-bond acceptors (Lipinski definition) is 2. The molecule has 0 saturated carbocycles. The second kappa shape index (κ2) is 5.99. The second-order valence-corrected chi connectivity index (χ2v) is 5.48. The Morgan fingerprint density at radius 1 is 1.56 bits per heavy atom. The van der Waals surface area contributed by atoms with Gasteiger partial charge in [0.05, 0.1) is 11.1 Å². The van der Waals surface area contributed by atoms with Crippen molar-refractivity contribution in [2.75, 3.05) is 18.4 Å². The molecule has 100 valence electrons. The van der Waals surface area contributed by atoms with Crippen LogP contribution < -0.4 is 10.6 Å². The van der Waals surface area contributed by atoms with Crippen molar-refractivity contribution >= 4 is 39.9 Å². The zero-order chi connectivity index (χ0) is 12.5. The summed E-state index contributed by atoms with van der Waals surface area (Å²) in [5, 5.41) is 5.79. The number of halogens is 3. The fraction of sp³-hybridized carbons (Fsp3) is 0.417. The molecule has 2 rings (SSSR count). The number of carbonyl (C=O) groups is 1. The van der Waals surface area contributed by atoms with Crippen molar-refractivity contribution in [1.82, 2.24) is 5.32 Å². The molecule has 0 aromatic heterocycles. The van der Waals surface area contributed by atoms with E-state index in [0.29, 0.717) is 11.0 Å². The molecule has 1 fully saturated rings. The largest absolute Gasteiger partial charge is 0.323 e. The van der Waals surface area contributed by atoms with Crippen LogP contribution in [0.5, 0.6) is 0 Å². The standard InChI is InChI=1S/C12H14BrFN2O.ClH/c1-12(4-5-15-7-12)11(17)16-10-3-2-8(13)6-9(10)14;/h2-3,6,15H,4-5,7H2,1H3,(H,16,17);1H. The highest BCUT2D eigenvalue weighted by Crippen LogP contribution is 2.27. The molecule has 1 aliphatic heterocycles. The summed E-state index contributed by atoms with van der Waals surface area (Å²) in [5.74, 6) is -0.564. The van der Waals surface area contributed by atoms with Crippen LogP contribution in [0.1, 0.15) is 13.3 Å². The van der Waals surface area contributed by atoms with Gasteiger partial charge in [-0.3, -0.25) is 4.79 Å². The molecule has 1 unspecified atom stereocenters. The number of carbonyl (C=O) groups excluding carboxylic acids is 1. The molecule has 2 N–H and O–H groups in total. The van der Waals surface area contributed by atoms with E-state index >= 15 is 0 Å². The van der Waals surface area contributed by atoms with Gasteiger partial charge in [0.2, 0.25) is 5.91 Å². The first kappa shape index (κ1) is 15.4. The van der Waals surface area contributed by atoms with Crippen molar-refractivity contribution in [1.29, 1.82) is 0 Å². The molecular formula is C12H15BrClFN2O. The number of rotatable bonds is 2. The Morgan fingerprint density at radius 2 is 2.28 bits per heavy atom. The molecule has 1 aliphatic rings. The fourth-order valence-electron chi connectivity index (χ4n) is 1.87. The van der Waals surface area contributed by atoms with Crippen molar-refractivity contribution in [3.63, 3.8) is 0 Å². The van der Waals surface area contributed by atoms with E-state index in [2.05, 4.69) is 26.6 Å². The van der Waals surface area contributed by atoms with Crippen molar-refractivity contribution < 1.29 is 9.18 Å². The Hall–Kier alpha value is -0.650. The lowest BCUT2D eigenvalue weighted by atomic mass is 9.89. The smallest absolute Gasteiger partial charge is 0.231 e. The zero-order valence-electron chi connectivity index (χ0n) is 9.93. The molecule has 1 saturated heterocycles. The predicted molar refractivity (Wildman–Crippen MR) is 75.6 cm³/mol. The average Bonchev–Trinajstić information content (AvgIpc) is 2.71. The normalized spacial score (nSPS) is 22.4. The molecule has 1 aromatic rings. The van der Waals surface area contributed by atoms with Crippen LogP contribution in [0.3, 0.4) is 0 Å². The van der Waals surface area contributed by atoms with Crippen LogP contribution in [0.2, 0.25) is 0 Å². The van der Waals surface area contributed by atoms with Gasteiger partial charge in [-0.15, -0.1) is 12.4 Å². The summed E-state index contributed by atoms with van der Waals surface area (Å²) < 4.78 is 14.2. The number of amides is 1. The molecule has 0 bridgehead atoms. The maximum Gasteiger partial charge on any atom is 0.231 e. The maximum absolute atomic E-state index is 13.6. The first-order chi connectivity index (χ1) is 8.01. The molecule has 0 spiro atoms. The lowest BCUT2D eigenvalue weighted by Gasteiger charge is -2.21. The quantitative estimate of drug-likeness (QED) is 0.871. The van der Waals surface area contributed by atoms with Gasteiger partial charge in [-0.2, -0.15) is 0 Å². The van der Waals surface area contributed by atoms with Crippen LogP contribution in [0.4, 0.5) is 10.1 Å². The Balaban J connectivity index is 0.00000162. The minimum absolute atomic E-state index is 0. The summed E-state index contributed by atoms with van der Waals surface area (Å²) in [7, 11) is 0. The van der Waals surface area contributed by atoms with Crippen molar-refractivity contribution in [2.45, 2.75) is 13.3 Å². The number of nitrogens with one attached hydrogen (secondary N) is 2. The van der Waals surface area contributed by atoms with Gasteiger partial charge in [-0.1, -0.05) is 15.9 Å². The highest BCUT2D eigenvalue weighted by atomic mass is 79.9. The first-order valence-electron chi connectivity index (χ1n) is 5.48. The highest BCUT2D eigenvalue weighted by Gasteiger charge is 2.36. The van der Waals surface area contributed by atoms with Gasteiger partial charge in [-0.05, 0) is 38.1 Å². The Bertz CT molecular complexity index is 450. The van der Waals surface area contributed by atoms with Crippen molar-refractivity contribution in [3.05, 3.63) is 28.5 Å². The van der Waals surface area contributed by atoms with E-state index in [9.17, 15) is 9.18 Å². The summed E-state index contributed by atoms with van der Waals surface area (Å²) in [6.07, 6.45) is 0.775. The second-order valence-electron chi connectivity index (χ2n) is 4.57. The van der Waals surface area contributed by atoms with Gasteiger partial charge < -0.3 is 10.6 Å². The Labute approximate surface area is 120 Å². The maximum atomic E-state index is 13.6. The third-order valence-electron chi connectivity index (χ3n) is 3.10. The van der Waals surface area contributed by atoms with Crippen LogP contribution in [-0.4, -0.2) is 19.0 Å². The Morgan fingerprint density at radius 3 is 2.83 bits per heavy atom. The fourth-order valence-corrected chi connectivity index (χ4v) is 2.21. The zero-order valence-corrected chi connectivity index (χ0v) is 12.3. The van der Waals surface area contributed by atoms with Crippen molar-refractivity contribution in [3.8, 4) is 0 Å². The van der Waals surface area contributed by atoms with E-state index in [-0.39, 0.29) is 24.0 Å². The first-order valence-corrected chi connectivity index (χ1v) is 6.28. The molecule has 1 heterocycles. The average molecular weight is 338 g/mol. The molecule has 3 nitrogen and oxygen atoms in total. The monoisotopic (exact) mass is 336 g/mol. The predicted octanol–water partition coefficient (Wildman–Crippen LogP) is 2.95. The van der Waals surface area contributed by atoms with Crippen LogP contribution >= 0.6 is 28.3 Å². The third-order valence-corrected chi connectivity index (χ3v) is 3.59. The summed E-state index contributed by atoms with van der Waals surface area (Å²) in [6, 6.07) is 4.60. The molecule has 0 radical (unpaired) electrons. The van der Waals surface area contributed by atoms with Gasteiger partial charge in [0.1, 0.15) is 5.82 Å². The topological polar surface area (TPSA) is 41.1 Å². The van der Waals surface area contributed by atoms with Crippen LogP contribution in [0.25, 0.3) is 0 Å². The van der Waals surface area contributed by atoms with E-state index < -0.39 is 11.2 Å². The van der Waals surface area contributed by atoms with E-state index in [1.54, 1.807) is 12.1 Å². The third kappa shape index (κ3) is 3.22. The van der Waals surface area contributed by atoms with Gasteiger partial charge in [0.25, 0.3) is 0 Å². The van der Waals surface area contributed by atoms with Crippen LogP contribution in [-0.2, 0) is 4.79 Å². The lowest BCUT2D eigenvalue weighted by molar-refractivity contribution is -0.123. The highest BCUT2D eigenvalue weighted by molar-refractivity contribution is 9.10. The molecule has 1 amide bonds. The SMILES string of the molecule is CC1(C(=O)Nc2ccc(Br)cc2F)CCNC1.Cl. The molecule has 1 atom stereocenters. The van der Waals surface area contributed by atoms with Gasteiger partial charge in [0, 0.05) is 11.0 Å². The molecule has 1 aromatic carbocycles. The summed E-state index contributed by atoms with van der Waals surface area (Å²) in [5.41, 5.74) is -0.217. The Kier molecular flexibility index (Phi) is 5.13. The number of hydrogen-bond donors (Lipinski definition) is 2. The lowest BCUT2D eigenvalue weighted by Crippen LogP contribution is -2.35. The van der Waals surface area contributed by atoms with Gasteiger partial charge in [0.15, 0.2) is 0 Å². The van der Waals surface area contributed by atoms with Crippen LogP contribution in [0, 0.1) is 11.2 Å². The molecule has 18 heavy (non-hydrogen) atoms. The van der Waals surface area contributed by atoms with Gasteiger partial charge >= 0.3 is 0 Å². The minimum atomic E-state index is -0.445. The van der Waals surface area contributed by atoms with Crippen molar-refractivity contribution in [2.24, 2.45) is 5.41 Å². The number of benzene rings is 1. The van der Waals surface area contributed by atoms with Crippen LogP contribution in [0.15, 0.2) is 22.7 Å². The van der Waals surface area contributed by atoms with E-state index in [4.69, 9.17) is 0 Å². The van der Waals surface area contributed by atoms with E-state index in [1.165, 1.54) is 6.07 Å². The minimum Gasteiger partial charge on any atom is -0.323 e. The number of anilines is 1.